The second-order valence-corrected chi connectivity index (χ2v) is 4.13. The molecule has 0 spiro atoms. The van der Waals surface area contributed by atoms with Crippen LogP contribution in [0.1, 0.15) is 30.1 Å². The molecule has 0 heterocycles. The lowest BCUT2D eigenvalue weighted by Gasteiger charge is -2.14. The van der Waals surface area contributed by atoms with Gasteiger partial charge in [-0.25, -0.2) is 9.18 Å². The minimum atomic E-state index is -1.13. The van der Waals surface area contributed by atoms with Crippen molar-refractivity contribution in [3.05, 3.63) is 34.6 Å². The molecule has 4 nitrogen and oxygen atoms in total. The number of nitrogens with one attached hydrogen (secondary N) is 1. The molecule has 1 atom stereocenters. The third kappa shape index (κ3) is 3.43. The van der Waals surface area contributed by atoms with Gasteiger partial charge in [0.05, 0.1) is 10.6 Å². The van der Waals surface area contributed by atoms with Crippen LogP contribution in [-0.2, 0) is 4.79 Å². The van der Waals surface area contributed by atoms with Gasteiger partial charge < -0.3 is 10.4 Å². The van der Waals surface area contributed by atoms with E-state index in [-0.39, 0.29) is 10.6 Å². The molecule has 18 heavy (non-hydrogen) atoms. The van der Waals surface area contributed by atoms with E-state index >= 15 is 0 Å². The van der Waals surface area contributed by atoms with E-state index in [9.17, 15) is 14.0 Å². The number of halogens is 2. The summed E-state index contributed by atoms with van der Waals surface area (Å²) < 4.78 is 13.2. The number of carboxylic acid groups (broad SMARTS) is 1. The summed E-state index contributed by atoms with van der Waals surface area (Å²) in [7, 11) is 0. The van der Waals surface area contributed by atoms with Gasteiger partial charge in [0.15, 0.2) is 0 Å². The molecule has 0 saturated carbocycles. The highest BCUT2D eigenvalue weighted by atomic mass is 35.5. The van der Waals surface area contributed by atoms with Crippen LogP contribution >= 0.6 is 11.6 Å². The number of rotatable bonds is 5. The van der Waals surface area contributed by atoms with Gasteiger partial charge in [-0.15, -0.1) is 0 Å². The van der Waals surface area contributed by atoms with Crippen molar-refractivity contribution < 1.29 is 19.1 Å². The summed E-state index contributed by atoms with van der Waals surface area (Å²) in [6, 6.07) is 2.80. The molecule has 0 aliphatic carbocycles. The SMILES string of the molecule is CCC[C@@H](NC(=O)c1cccc(F)c1Cl)C(=O)O. The van der Waals surface area contributed by atoms with Crippen LogP contribution in [0.5, 0.6) is 0 Å². The van der Waals surface area contributed by atoms with Crippen LogP contribution in [-0.4, -0.2) is 23.0 Å². The van der Waals surface area contributed by atoms with Crippen LogP contribution < -0.4 is 5.32 Å². The Hall–Kier alpha value is -1.62. The predicted octanol–water partition coefficient (Wildman–Crippen LogP) is 2.46. The molecule has 0 bridgehead atoms. The van der Waals surface area contributed by atoms with Crippen LogP contribution in [0.3, 0.4) is 0 Å². The molecule has 1 aromatic carbocycles. The monoisotopic (exact) mass is 273 g/mol. The van der Waals surface area contributed by atoms with Crippen LogP contribution in [0.2, 0.25) is 5.02 Å². The standard InChI is InChI=1S/C12H13ClFNO3/c1-2-4-9(12(17)18)15-11(16)7-5-3-6-8(14)10(7)13/h3,5-6,9H,2,4H2,1H3,(H,15,16)(H,17,18)/t9-/m1/s1. The fraction of sp³-hybridized carbons (Fsp3) is 0.333. The molecule has 1 rings (SSSR count). The highest BCUT2D eigenvalue weighted by Crippen LogP contribution is 2.19. The highest BCUT2D eigenvalue weighted by Gasteiger charge is 2.21. The van der Waals surface area contributed by atoms with E-state index in [4.69, 9.17) is 16.7 Å². The van der Waals surface area contributed by atoms with Gasteiger partial charge in [-0.05, 0) is 18.6 Å². The van der Waals surface area contributed by atoms with Gasteiger partial charge in [-0.3, -0.25) is 4.79 Å². The van der Waals surface area contributed by atoms with E-state index in [2.05, 4.69) is 5.32 Å². The summed E-state index contributed by atoms with van der Waals surface area (Å²) in [4.78, 5) is 22.7. The Morgan fingerprint density at radius 1 is 1.50 bits per heavy atom. The summed E-state index contributed by atoms with van der Waals surface area (Å²) in [5.74, 6) is -2.54. The normalized spacial score (nSPS) is 11.9. The molecule has 1 aromatic rings. The van der Waals surface area contributed by atoms with Gasteiger partial charge in [-0.2, -0.15) is 0 Å². The maximum Gasteiger partial charge on any atom is 0.326 e. The molecule has 2 N–H and O–H groups in total. The number of carbonyl (C=O) groups excluding carboxylic acids is 1. The Kier molecular flexibility index (Phi) is 5.09. The van der Waals surface area contributed by atoms with Gasteiger partial charge in [-0.1, -0.05) is 31.0 Å². The van der Waals surface area contributed by atoms with Gasteiger partial charge in [0.2, 0.25) is 0 Å². The smallest absolute Gasteiger partial charge is 0.326 e. The summed E-state index contributed by atoms with van der Waals surface area (Å²) in [6.45, 7) is 1.80. The first kappa shape index (κ1) is 14.4. The van der Waals surface area contributed by atoms with Crippen molar-refractivity contribution in [2.75, 3.05) is 0 Å². The summed E-state index contributed by atoms with van der Waals surface area (Å²) in [5, 5.41) is 10.9. The minimum absolute atomic E-state index is 0.0704. The molecule has 0 radical (unpaired) electrons. The van der Waals surface area contributed by atoms with Gasteiger partial charge in [0.25, 0.3) is 5.91 Å². The summed E-state index contributed by atoms with van der Waals surface area (Å²) in [5.41, 5.74) is -0.0704. The van der Waals surface area contributed by atoms with Gasteiger partial charge in [0.1, 0.15) is 11.9 Å². The molecule has 0 aliphatic rings. The molecule has 1 amide bonds. The number of aliphatic carboxylic acids is 1. The van der Waals surface area contributed by atoms with Crippen molar-refractivity contribution in [3.8, 4) is 0 Å². The van der Waals surface area contributed by atoms with Crippen molar-refractivity contribution in [2.45, 2.75) is 25.8 Å². The molecular formula is C12H13ClFNO3. The van der Waals surface area contributed by atoms with Crippen LogP contribution in [0, 0.1) is 5.82 Å². The fourth-order valence-corrected chi connectivity index (χ4v) is 1.67. The second-order valence-electron chi connectivity index (χ2n) is 3.75. The molecule has 0 unspecified atom stereocenters. The van der Waals surface area contributed by atoms with E-state index in [0.29, 0.717) is 12.8 Å². The first-order chi connectivity index (χ1) is 8.47. The Morgan fingerprint density at radius 2 is 2.17 bits per heavy atom. The molecule has 0 aromatic heterocycles. The Bertz CT molecular complexity index is 465. The second kappa shape index (κ2) is 6.35. The Balaban J connectivity index is 2.87. The Morgan fingerprint density at radius 3 is 2.72 bits per heavy atom. The molecular weight excluding hydrogens is 261 g/mol. The largest absolute Gasteiger partial charge is 0.480 e. The lowest BCUT2D eigenvalue weighted by Crippen LogP contribution is -2.40. The number of carboxylic acids is 1. The molecule has 98 valence electrons. The fourth-order valence-electron chi connectivity index (χ4n) is 1.46. The lowest BCUT2D eigenvalue weighted by atomic mass is 10.1. The van der Waals surface area contributed by atoms with Crippen molar-refractivity contribution in [1.82, 2.24) is 5.32 Å². The maximum atomic E-state index is 13.2. The van der Waals surface area contributed by atoms with E-state index < -0.39 is 23.7 Å². The van der Waals surface area contributed by atoms with Crippen LogP contribution in [0.25, 0.3) is 0 Å². The maximum absolute atomic E-state index is 13.2. The Labute approximate surface area is 109 Å². The number of hydrogen-bond acceptors (Lipinski definition) is 2. The summed E-state index contributed by atoms with van der Waals surface area (Å²) in [6.07, 6.45) is 0.905. The average molecular weight is 274 g/mol. The lowest BCUT2D eigenvalue weighted by molar-refractivity contribution is -0.139. The zero-order chi connectivity index (χ0) is 13.7. The first-order valence-corrected chi connectivity index (χ1v) is 5.82. The van der Waals surface area contributed by atoms with Crippen molar-refractivity contribution in [3.63, 3.8) is 0 Å². The number of amides is 1. The zero-order valence-electron chi connectivity index (χ0n) is 9.74. The third-order valence-corrected chi connectivity index (χ3v) is 2.76. The minimum Gasteiger partial charge on any atom is -0.480 e. The quantitative estimate of drug-likeness (QED) is 0.866. The van der Waals surface area contributed by atoms with Crippen LogP contribution in [0.4, 0.5) is 4.39 Å². The van der Waals surface area contributed by atoms with Crippen molar-refractivity contribution >= 4 is 23.5 Å². The molecule has 0 fully saturated rings. The first-order valence-electron chi connectivity index (χ1n) is 5.45. The van der Waals surface area contributed by atoms with Gasteiger partial charge in [0, 0.05) is 0 Å². The van der Waals surface area contributed by atoms with E-state index in [0.717, 1.165) is 6.07 Å². The zero-order valence-corrected chi connectivity index (χ0v) is 10.5. The number of hydrogen-bond donors (Lipinski definition) is 2. The van der Waals surface area contributed by atoms with Crippen molar-refractivity contribution in [2.24, 2.45) is 0 Å². The number of benzene rings is 1. The summed E-state index contributed by atoms with van der Waals surface area (Å²) >= 11 is 5.64. The predicted molar refractivity (Wildman–Crippen MR) is 65.2 cm³/mol. The molecule has 0 aliphatic heterocycles. The van der Waals surface area contributed by atoms with Gasteiger partial charge >= 0.3 is 5.97 Å². The third-order valence-electron chi connectivity index (χ3n) is 2.38. The van der Waals surface area contributed by atoms with Crippen LogP contribution in [0.15, 0.2) is 18.2 Å². The highest BCUT2D eigenvalue weighted by molar-refractivity contribution is 6.34. The van der Waals surface area contributed by atoms with E-state index in [1.807, 2.05) is 0 Å². The molecule has 0 saturated heterocycles. The average Bonchev–Trinajstić information content (AvgIpc) is 2.31. The number of carbonyl (C=O) groups is 2. The van der Waals surface area contributed by atoms with E-state index in [1.165, 1.54) is 12.1 Å². The van der Waals surface area contributed by atoms with Crippen molar-refractivity contribution in [1.29, 1.82) is 0 Å². The van der Waals surface area contributed by atoms with E-state index in [1.54, 1.807) is 6.92 Å². The molecule has 6 heteroatoms. The topological polar surface area (TPSA) is 66.4 Å².